The highest BCUT2D eigenvalue weighted by Gasteiger charge is 2.16. The van der Waals surface area contributed by atoms with Crippen molar-refractivity contribution in [2.45, 2.75) is 81.9 Å². The highest BCUT2D eigenvalue weighted by atomic mass is 32.2. The van der Waals surface area contributed by atoms with Crippen LogP contribution in [0.3, 0.4) is 0 Å². The van der Waals surface area contributed by atoms with E-state index in [4.69, 9.17) is 14.9 Å². The van der Waals surface area contributed by atoms with Gasteiger partial charge in [-0.3, -0.25) is 9.59 Å². The van der Waals surface area contributed by atoms with Crippen LogP contribution >= 0.6 is 0 Å². The van der Waals surface area contributed by atoms with Gasteiger partial charge in [-0.1, -0.05) is 50.7 Å². The zero-order valence-corrected chi connectivity index (χ0v) is 18.0. The molecule has 1 atom stereocenters. The standard InChI is InChI=1S/C22H34O6S/c23-21(24)15-8-6-4-2-1-3-5-7-11-18-29(27)20-14-10-9-13-19(20)28-17-12-16-22(25)26/h9-10,13-14H,1-8,11-12,15-18H2,(H,23,24)(H,25,26). The van der Waals surface area contributed by atoms with E-state index in [1.807, 2.05) is 18.2 Å². The fourth-order valence-corrected chi connectivity index (χ4v) is 4.29. The van der Waals surface area contributed by atoms with Gasteiger partial charge in [-0.25, -0.2) is 0 Å². The Morgan fingerprint density at radius 3 is 1.93 bits per heavy atom. The molecule has 0 bridgehead atoms. The van der Waals surface area contributed by atoms with Crippen molar-refractivity contribution < 1.29 is 29.1 Å². The summed E-state index contributed by atoms with van der Waals surface area (Å²) in [6, 6.07) is 7.26. The molecular weight excluding hydrogens is 392 g/mol. The van der Waals surface area contributed by atoms with E-state index >= 15 is 0 Å². The van der Waals surface area contributed by atoms with Crippen LogP contribution in [-0.4, -0.2) is 39.1 Å². The van der Waals surface area contributed by atoms with Gasteiger partial charge in [0.25, 0.3) is 0 Å². The molecule has 0 amide bonds. The van der Waals surface area contributed by atoms with E-state index < -0.39 is 23.1 Å². The summed E-state index contributed by atoms with van der Waals surface area (Å²) in [5.41, 5.74) is 0. The van der Waals surface area contributed by atoms with E-state index in [1.165, 1.54) is 6.42 Å². The lowest BCUT2D eigenvalue weighted by atomic mass is 10.1. The second kappa shape index (κ2) is 16.1. The first-order valence-electron chi connectivity index (χ1n) is 10.5. The summed E-state index contributed by atoms with van der Waals surface area (Å²) in [5, 5.41) is 17.3. The lowest BCUT2D eigenvalue weighted by Gasteiger charge is -2.14. The van der Waals surface area contributed by atoms with E-state index in [2.05, 4.69) is 0 Å². The summed E-state index contributed by atoms with van der Waals surface area (Å²) in [7, 11) is 0. The van der Waals surface area contributed by atoms with E-state index in [0.717, 1.165) is 51.4 Å². The molecule has 0 aromatic heterocycles. The number of benzene rings is 1. The predicted molar refractivity (Wildman–Crippen MR) is 114 cm³/mol. The van der Waals surface area contributed by atoms with Crippen molar-refractivity contribution in [1.82, 2.24) is 0 Å². The number of carboxylic acid groups (broad SMARTS) is 2. The van der Waals surface area contributed by atoms with Gasteiger partial charge in [-0.2, -0.15) is 0 Å². The summed E-state index contributed by atoms with van der Waals surface area (Å²) in [4.78, 5) is 21.7. The number of ether oxygens (including phenoxy) is 1. The number of rotatable bonds is 18. The topological polar surface area (TPSA) is 107 Å². The van der Waals surface area contributed by atoms with Crippen LogP contribution in [0.1, 0.15) is 77.0 Å². The van der Waals surface area contributed by atoms with E-state index in [1.54, 1.807) is 6.07 Å². The Labute approximate surface area is 176 Å². The minimum absolute atomic E-state index is 0.0631. The molecule has 29 heavy (non-hydrogen) atoms. The summed E-state index contributed by atoms with van der Waals surface area (Å²) in [6.45, 7) is 0.302. The number of aliphatic carboxylic acids is 2. The monoisotopic (exact) mass is 426 g/mol. The summed E-state index contributed by atoms with van der Waals surface area (Å²) in [6.07, 6.45) is 10.2. The van der Waals surface area contributed by atoms with E-state index in [0.29, 0.717) is 29.4 Å². The summed E-state index contributed by atoms with van der Waals surface area (Å²) in [5.74, 6) is -0.373. The maximum absolute atomic E-state index is 12.6. The number of hydrogen-bond donors (Lipinski definition) is 2. The zero-order valence-electron chi connectivity index (χ0n) is 17.1. The number of hydrogen-bond acceptors (Lipinski definition) is 4. The normalized spacial score (nSPS) is 11.9. The molecule has 1 aromatic rings. The molecular formula is C22H34O6S. The largest absolute Gasteiger partial charge is 0.611 e. The molecule has 2 N–H and O–H groups in total. The van der Waals surface area contributed by atoms with Gasteiger partial charge in [0.1, 0.15) is 5.75 Å². The van der Waals surface area contributed by atoms with Crippen molar-refractivity contribution >= 4 is 23.1 Å². The van der Waals surface area contributed by atoms with Gasteiger partial charge < -0.3 is 19.5 Å². The molecule has 1 unspecified atom stereocenters. The van der Waals surface area contributed by atoms with Crippen molar-refractivity contribution in [3.8, 4) is 5.75 Å². The molecule has 0 fully saturated rings. The fourth-order valence-electron chi connectivity index (χ4n) is 3.02. The van der Waals surface area contributed by atoms with Gasteiger partial charge in [-0.15, -0.1) is 0 Å². The van der Waals surface area contributed by atoms with Crippen LogP contribution < -0.4 is 4.74 Å². The predicted octanol–water partition coefficient (Wildman–Crippen LogP) is 5.02. The number of carboxylic acids is 2. The van der Waals surface area contributed by atoms with Gasteiger partial charge in [0.2, 0.25) is 0 Å². The number of unbranched alkanes of at least 4 members (excludes halogenated alkanes) is 8. The van der Waals surface area contributed by atoms with Crippen LogP contribution in [0.2, 0.25) is 0 Å². The lowest BCUT2D eigenvalue weighted by Crippen LogP contribution is -2.10. The minimum atomic E-state index is -1.12. The van der Waals surface area contributed by atoms with Gasteiger partial charge in [0.05, 0.1) is 6.61 Å². The molecule has 164 valence electrons. The molecule has 0 aliphatic rings. The van der Waals surface area contributed by atoms with Crippen molar-refractivity contribution in [2.24, 2.45) is 0 Å². The van der Waals surface area contributed by atoms with Crippen LogP contribution in [0, 0.1) is 0 Å². The first-order valence-corrected chi connectivity index (χ1v) is 11.9. The Balaban J connectivity index is 2.13. The van der Waals surface area contributed by atoms with Gasteiger partial charge in [0.15, 0.2) is 10.6 Å². The Bertz CT molecular complexity index is 592. The zero-order chi connectivity index (χ0) is 21.3. The SMILES string of the molecule is O=C(O)CCCCCCCCCCC[S+]([O-])c1ccccc1OCCCC(=O)O. The van der Waals surface area contributed by atoms with Crippen molar-refractivity contribution in [2.75, 3.05) is 12.4 Å². The molecule has 6 nitrogen and oxygen atoms in total. The van der Waals surface area contributed by atoms with Crippen LogP contribution in [0.4, 0.5) is 0 Å². The summed E-state index contributed by atoms with van der Waals surface area (Å²) >= 11 is -1.12. The second-order valence-electron chi connectivity index (χ2n) is 7.17. The molecule has 0 spiro atoms. The minimum Gasteiger partial charge on any atom is -0.611 e. The van der Waals surface area contributed by atoms with Crippen LogP contribution in [0.15, 0.2) is 29.2 Å². The molecule has 0 heterocycles. The third-order valence-corrected chi connectivity index (χ3v) is 6.09. The fraction of sp³-hybridized carbons (Fsp3) is 0.636. The molecule has 0 aliphatic heterocycles. The maximum atomic E-state index is 12.6. The molecule has 0 saturated heterocycles. The molecule has 1 aromatic carbocycles. The number of carbonyl (C=O) groups is 2. The maximum Gasteiger partial charge on any atom is 0.303 e. The Morgan fingerprint density at radius 1 is 0.793 bits per heavy atom. The number of para-hydroxylation sites is 1. The molecule has 0 aliphatic carbocycles. The van der Waals surface area contributed by atoms with Gasteiger partial charge in [0, 0.05) is 12.8 Å². The van der Waals surface area contributed by atoms with Gasteiger partial charge in [-0.05, 0) is 49.0 Å². The molecule has 7 heteroatoms. The molecule has 0 radical (unpaired) electrons. The Kier molecular flexibility index (Phi) is 14.1. The molecule has 1 rings (SSSR count). The van der Waals surface area contributed by atoms with E-state index in [9.17, 15) is 14.1 Å². The van der Waals surface area contributed by atoms with Crippen molar-refractivity contribution in [1.29, 1.82) is 0 Å². The van der Waals surface area contributed by atoms with E-state index in [-0.39, 0.29) is 12.8 Å². The average Bonchev–Trinajstić information content (AvgIpc) is 2.69. The lowest BCUT2D eigenvalue weighted by molar-refractivity contribution is -0.138. The van der Waals surface area contributed by atoms with Crippen LogP contribution in [0.5, 0.6) is 5.75 Å². The highest BCUT2D eigenvalue weighted by molar-refractivity contribution is 7.91. The van der Waals surface area contributed by atoms with Crippen LogP contribution in [-0.2, 0) is 20.8 Å². The van der Waals surface area contributed by atoms with Crippen molar-refractivity contribution in [3.05, 3.63) is 24.3 Å². The third-order valence-electron chi connectivity index (χ3n) is 4.61. The Morgan fingerprint density at radius 2 is 1.31 bits per heavy atom. The first-order chi connectivity index (χ1) is 14.0. The highest BCUT2D eigenvalue weighted by Crippen LogP contribution is 2.25. The molecule has 0 saturated carbocycles. The Hall–Kier alpha value is -1.73. The second-order valence-corrected chi connectivity index (χ2v) is 8.71. The quantitative estimate of drug-likeness (QED) is 0.252. The third kappa shape index (κ3) is 13.2. The smallest absolute Gasteiger partial charge is 0.303 e. The first kappa shape index (κ1) is 25.3. The summed E-state index contributed by atoms with van der Waals surface area (Å²) < 4.78 is 18.2. The van der Waals surface area contributed by atoms with Crippen LogP contribution in [0.25, 0.3) is 0 Å². The average molecular weight is 427 g/mol. The van der Waals surface area contributed by atoms with Gasteiger partial charge >= 0.3 is 11.9 Å². The van der Waals surface area contributed by atoms with Crippen molar-refractivity contribution in [3.63, 3.8) is 0 Å².